The zero-order valence-electron chi connectivity index (χ0n) is 16.5. The molecule has 0 unspecified atom stereocenters. The van der Waals surface area contributed by atoms with Gasteiger partial charge in [0.15, 0.2) is 5.82 Å². The number of nitrogens with one attached hydrogen (secondary N) is 2. The van der Waals surface area contributed by atoms with Crippen LogP contribution in [0.25, 0.3) is 28.2 Å². The first-order valence-corrected chi connectivity index (χ1v) is 9.61. The molecule has 1 amide bonds. The lowest BCUT2D eigenvalue weighted by Gasteiger charge is -2.06. The predicted octanol–water partition coefficient (Wildman–Crippen LogP) is 4.51. The number of hydrogen-bond acceptors (Lipinski definition) is 4. The number of amides is 1. The first-order chi connectivity index (χ1) is 15.1. The van der Waals surface area contributed by atoms with E-state index < -0.39 is 0 Å². The fourth-order valence-electron chi connectivity index (χ4n) is 3.40. The van der Waals surface area contributed by atoms with Gasteiger partial charge >= 0.3 is 0 Å². The molecule has 152 valence electrons. The summed E-state index contributed by atoms with van der Waals surface area (Å²) in [6.45, 7) is 1.82. The van der Waals surface area contributed by atoms with Gasteiger partial charge < -0.3 is 10.3 Å². The highest BCUT2D eigenvalue weighted by molar-refractivity contribution is 6.05. The standard InChI is InChI=1S/C23H17FN6O/c1-14-18(13-26-30(14)21-7-2-3-10-25-21)23(31)27-17-8-9-19-20(12-17)29-22(28-19)15-5-4-6-16(24)11-15/h2-13H,1H3,(H,27,31)(H,28,29). The number of carbonyl (C=O) groups excluding carboxylic acids is 1. The van der Waals surface area contributed by atoms with Crippen molar-refractivity contribution < 1.29 is 9.18 Å². The van der Waals surface area contributed by atoms with E-state index >= 15 is 0 Å². The minimum atomic E-state index is -0.326. The lowest BCUT2D eigenvalue weighted by Crippen LogP contribution is -2.13. The molecular formula is C23H17FN6O. The number of aromatic amines is 1. The van der Waals surface area contributed by atoms with E-state index in [1.165, 1.54) is 18.3 Å². The summed E-state index contributed by atoms with van der Waals surface area (Å²) < 4.78 is 15.1. The first-order valence-electron chi connectivity index (χ1n) is 9.61. The Morgan fingerprint density at radius 2 is 2.00 bits per heavy atom. The summed E-state index contributed by atoms with van der Waals surface area (Å²) in [4.78, 5) is 24.8. The molecule has 8 heteroatoms. The van der Waals surface area contributed by atoms with Crippen LogP contribution in [0, 0.1) is 12.7 Å². The number of fused-ring (bicyclic) bond motifs is 1. The Kier molecular flexibility index (Phi) is 4.51. The zero-order valence-corrected chi connectivity index (χ0v) is 16.5. The molecule has 0 spiro atoms. The van der Waals surface area contributed by atoms with Gasteiger partial charge in [0.2, 0.25) is 0 Å². The van der Waals surface area contributed by atoms with E-state index in [-0.39, 0.29) is 11.7 Å². The second kappa shape index (κ2) is 7.49. The molecule has 0 aliphatic carbocycles. The summed E-state index contributed by atoms with van der Waals surface area (Å²) in [6.07, 6.45) is 3.20. The highest BCUT2D eigenvalue weighted by Crippen LogP contribution is 2.24. The van der Waals surface area contributed by atoms with E-state index in [0.717, 1.165) is 11.0 Å². The summed E-state index contributed by atoms with van der Waals surface area (Å²) in [6, 6.07) is 17.1. The largest absolute Gasteiger partial charge is 0.338 e. The predicted molar refractivity (Wildman–Crippen MR) is 116 cm³/mol. The molecule has 0 bridgehead atoms. The summed E-state index contributed by atoms with van der Waals surface area (Å²) in [5.74, 6) is 0.602. The van der Waals surface area contributed by atoms with Crippen molar-refractivity contribution in [1.29, 1.82) is 0 Å². The maximum absolute atomic E-state index is 13.5. The van der Waals surface area contributed by atoms with Gasteiger partial charge in [-0.15, -0.1) is 0 Å². The average Bonchev–Trinajstić information content (AvgIpc) is 3.37. The van der Waals surface area contributed by atoms with Crippen LogP contribution in [0.1, 0.15) is 16.1 Å². The number of carbonyl (C=O) groups is 1. The Labute approximate surface area is 176 Å². The maximum Gasteiger partial charge on any atom is 0.259 e. The highest BCUT2D eigenvalue weighted by Gasteiger charge is 2.16. The van der Waals surface area contributed by atoms with Gasteiger partial charge in [0.25, 0.3) is 5.91 Å². The van der Waals surface area contributed by atoms with Crippen molar-refractivity contribution in [1.82, 2.24) is 24.7 Å². The highest BCUT2D eigenvalue weighted by atomic mass is 19.1. The quantitative estimate of drug-likeness (QED) is 0.455. The smallest absolute Gasteiger partial charge is 0.259 e. The SMILES string of the molecule is Cc1c(C(=O)Nc2ccc3nc(-c4cccc(F)c4)[nH]c3c2)cnn1-c1ccccn1. The Morgan fingerprint density at radius 3 is 2.81 bits per heavy atom. The molecule has 7 nitrogen and oxygen atoms in total. The second-order valence-corrected chi connectivity index (χ2v) is 7.03. The van der Waals surface area contributed by atoms with E-state index in [0.29, 0.717) is 34.2 Å². The third-order valence-corrected chi connectivity index (χ3v) is 4.96. The number of benzene rings is 2. The minimum Gasteiger partial charge on any atom is -0.338 e. The van der Waals surface area contributed by atoms with Crippen molar-refractivity contribution in [3.05, 3.63) is 90.1 Å². The molecule has 2 aromatic carbocycles. The second-order valence-electron chi connectivity index (χ2n) is 7.03. The number of pyridine rings is 1. The average molecular weight is 412 g/mol. The van der Waals surface area contributed by atoms with Crippen molar-refractivity contribution in [3.8, 4) is 17.2 Å². The lowest BCUT2D eigenvalue weighted by atomic mass is 10.2. The van der Waals surface area contributed by atoms with E-state index in [1.54, 1.807) is 41.2 Å². The van der Waals surface area contributed by atoms with Crippen molar-refractivity contribution in [2.45, 2.75) is 6.92 Å². The molecule has 0 saturated heterocycles. The molecular weight excluding hydrogens is 395 g/mol. The van der Waals surface area contributed by atoms with Crippen LogP contribution < -0.4 is 5.32 Å². The third-order valence-electron chi connectivity index (χ3n) is 4.96. The normalized spacial score (nSPS) is 11.0. The van der Waals surface area contributed by atoms with Gasteiger partial charge in [-0.3, -0.25) is 4.79 Å². The van der Waals surface area contributed by atoms with Crippen LogP contribution in [0.2, 0.25) is 0 Å². The van der Waals surface area contributed by atoms with Gasteiger partial charge in [0.1, 0.15) is 11.6 Å². The van der Waals surface area contributed by atoms with Crippen LogP contribution in [0.15, 0.2) is 73.1 Å². The van der Waals surface area contributed by atoms with Gasteiger partial charge in [-0.2, -0.15) is 5.10 Å². The van der Waals surface area contributed by atoms with Gasteiger partial charge in [-0.25, -0.2) is 19.0 Å². The topological polar surface area (TPSA) is 88.5 Å². The van der Waals surface area contributed by atoms with Crippen LogP contribution in [0.4, 0.5) is 10.1 Å². The van der Waals surface area contributed by atoms with E-state index in [9.17, 15) is 9.18 Å². The lowest BCUT2D eigenvalue weighted by molar-refractivity contribution is 0.102. The van der Waals surface area contributed by atoms with E-state index in [2.05, 4.69) is 25.4 Å². The van der Waals surface area contributed by atoms with Crippen LogP contribution in [0.3, 0.4) is 0 Å². The number of anilines is 1. The van der Waals surface area contributed by atoms with E-state index in [1.807, 2.05) is 25.1 Å². The zero-order chi connectivity index (χ0) is 21.4. The monoisotopic (exact) mass is 412 g/mol. The molecule has 5 rings (SSSR count). The molecule has 0 aliphatic heterocycles. The number of hydrogen-bond donors (Lipinski definition) is 2. The van der Waals surface area contributed by atoms with Crippen LogP contribution in [-0.2, 0) is 0 Å². The molecule has 0 atom stereocenters. The fraction of sp³-hybridized carbons (Fsp3) is 0.0435. The number of imidazole rings is 1. The molecule has 3 aromatic heterocycles. The summed E-state index contributed by atoms with van der Waals surface area (Å²) in [5.41, 5.74) is 3.86. The third kappa shape index (κ3) is 3.55. The van der Waals surface area contributed by atoms with Crippen LogP contribution in [0.5, 0.6) is 0 Å². The van der Waals surface area contributed by atoms with Crippen molar-refractivity contribution in [2.24, 2.45) is 0 Å². The van der Waals surface area contributed by atoms with Gasteiger partial charge in [0.05, 0.1) is 28.5 Å². The van der Waals surface area contributed by atoms with Crippen molar-refractivity contribution in [3.63, 3.8) is 0 Å². The Morgan fingerprint density at radius 1 is 1.10 bits per heavy atom. The molecule has 5 aromatic rings. The summed E-state index contributed by atoms with van der Waals surface area (Å²) in [5, 5.41) is 7.18. The van der Waals surface area contributed by atoms with Gasteiger partial charge in [0, 0.05) is 17.4 Å². The molecule has 2 N–H and O–H groups in total. The maximum atomic E-state index is 13.5. The summed E-state index contributed by atoms with van der Waals surface area (Å²) in [7, 11) is 0. The molecule has 0 fully saturated rings. The molecule has 0 radical (unpaired) electrons. The van der Waals surface area contributed by atoms with Crippen molar-refractivity contribution >= 4 is 22.6 Å². The summed E-state index contributed by atoms with van der Waals surface area (Å²) >= 11 is 0. The molecule has 0 aliphatic rings. The Hall–Kier alpha value is -4.33. The molecule has 0 saturated carbocycles. The van der Waals surface area contributed by atoms with Crippen LogP contribution >= 0.6 is 0 Å². The van der Waals surface area contributed by atoms with Crippen molar-refractivity contribution in [2.75, 3.05) is 5.32 Å². The Bertz CT molecular complexity index is 1410. The number of rotatable bonds is 4. The Balaban J connectivity index is 1.41. The molecule has 31 heavy (non-hydrogen) atoms. The van der Waals surface area contributed by atoms with E-state index in [4.69, 9.17) is 0 Å². The van der Waals surface area contributed by atoms with Crippen LogP contribution in [-0.4, -0.2) is 30.6 Å². The number of halogens is 1. The number of H-pyrrole nitrogens is 1. The molecule has 3 heterocycles. The number of aromatic nitrogens is 5. The first kappa shape index (κ1) is 18.7. The minimum absolute atomic E-state index is 0.274. The van der Waals surface area contributed by atoms with Gasteiger partial charge in [-0.05, 0) is 49.4 Å². The number of nitrogens with zero attached hydrogens (tertiary/aromatic N) is 4. The fourth-order valence-corrected chi connectivity index (χ4v) is 3.40. The van der Waals surface area contributed by atoms with Gasteiger partial charge in [-0.1, -0.05) is 18.2 Å².